The third-order valence-electron chi connectivity index (χ3n) is 4.10. The Kier molecular flexibility index (Phi) is 4.42. The monoisotopic (exact) mass is 323 g/mol. The lowest BCUT2D eigenvalue weighted by atomic mass is 10.1. The molecule has 0 aliphatic carbocycles. The first kappa shape index (κ1) is 15.9. The van der Waals surface area contributed by atoms with E-state index in [2.05, 4.69) is 4.74 Å². The number of carbonyl (C=O) groups excluding carboxylic acids is 3. The molecule has 0 bridgehead atoms. The second-order valence-electron chi connectivity index (χ2n) is 5.63. The summed E-state index contributed by atoms with van der Waals surface area (Å²) in [5, 5.41) is 0. The highest BCUT2D eigenvalue weighted by atomic mass is 16.5. The lowest BCUT2D eigenvalue weighted by Gasteiger charge is -2.13. The van der Waals surface area contributed by atoms with Crippen molar-refractivity contribution in [1.82, 2.24) is 4.90 Å². The molecule has 5 heteroatoms. The molecule has 0 radical (unpaired) electrons. The Morgan fingerprint density at radius 1 is 0.917 bits per heavy atom. The third kappa shape index (κ3) is 3.06. The maximum Gasteiger partial charge on any atom is 0.309 e. The summed E-state index contributed by atoms with van der Waals surface area (Å²) in [6.45, 7) is 0.336. The summed E-state index contributed by atoms with van der Waals surface area (Å²) in [5.41, 5.74) is 2.80. The van der Waals surface area contributed by atoms with Gasteiger partial charge in [0, 0.05) is 6.54 Å². The van der Waals surface area contributed by atoms with Crippen LogP contribution < -0.4 is 0 Å². The quantitative estimate of drug-likeness (QED) is 0.625. The number of nitrogens with zero attached hydrogens (tertiary/aromatic N) is 1. The van der Waals surface area contributed by atoms with Crippen LogP contribution in [0.5, 0.6) is 0 Å². The van der Waals surface area contributed by atoms with E-state index in [1.807, 2.05) is 24.3 Å². The van der Waals surface area contributed by atoms with Gasteiger partial charge in [0.2, 0.25) is 0 Å². The molecule has 2 aromatic carbocycles. The van der Waals surface area contributed by atoms with Crippen LogP contribution in [-0.2, 0) is 22.4 Å². The summed E-state index contributed by atoms with van der Waals surface area (Å²) in [4.78, 5) is 37.1. The number of carbonyl (C=O) groups is 3. The molecule has 0 N–H and O–H groups in total. The van der Waals surface area contributed by atoms with Crippen molar-refractivity contribution in [2.75, 3.05) is 13.7 Å². The van der Waals surface area contributed by atoms with E-state index in [-0.39, 0.29) is 24.2 Å². The zero-order valence-corrected chi connectivity index (χ0v) is 13.3. The first-order valence-corrected chi connectivity index (χ1v) is 7.70. The zero-order valence-electron chi connectivity index (χ0n) is 13.3. The van der Waals surface area contributed by atoms with E-state index < -0.39 is 0 Å². The van der Waals surface area contributed by atoms with Crippen LogP contribution in [0.2, 0.25) is 0 Å². The molecule has 1 aliphatic heterocycles. The van der Waals surface area contributed by atoms with Gasteiger partial charge in [-0.25, -0.2) is 0 Å². The van der Waals surface area contributed by atoms with Crippen LogP contribution >= 0.6 is 0 Å². The summed E-state index contributed by atoms with van der Waals surface area (Å²) in [7, 11) is 1.36. The molecule has 122 valence electrons. The molecule has 0 atom stereocenters. The second kappa shape index (κ2) is 6.66. The second-order valence-corrected chi connectivity index (χ2v) is 5.63. The Balaban J connectivity index is 1.63. The molecule has 24 heavy (non-hydrogen) atoms. The Bertz CT molecular complexity index is 760. The third-order valence-corrected chi connectivity index (χ3v) is 4.10. The summed E-state index contributed by atoms with van der Waals surface area (Å²) in [6, 6.07) is 14.4. The van der Waals surface area contributed by atoms with Gasteiger partial charge in [-0.1, -0.05) is 36.4 Å². The van der Waals surface area contributed by atoms with Crippen LogP contribution in [0, 0.1) is 0 Å². The van der Waals surface area contributed by atoms with E-state index >= 15 is 0 Å². The Morgan fingerprint density at radius 3 is 2.00 bits per heavy atom. The Labute approximate surface area is 139 Å². The normalized spacial score (nSPS) is 13.1. The molecule has 1 heterocycles. The fourth-order valence-corrected chi connectivity index (χ4v) is 2.75. The van der Waals surface area contributed by atoms with E-state index in [1.165, 1.54) is 12.0 Å². The highest BCUT2D eigenvalue weighted by molar-refractivity contribution is 6.21. The molecular formula is C19H17NO4. The molecule has 0 saturated heterocycles. The zero-order chi connectivity index (χ0) is 17.1. The van der Waals surface area contributed by atoms with Crippen LogP contribution in [0.4, 0.5) is 0 Å². The lowest BCUT2D eigenvalue weighted by molar-refractivity contribution is -0.139. The molecule has 0 aromatic heterocycles. The minimum atomic E-state index is -0.284. The number of benzene rings is 2. The smallest absolute Gasteiger partial charge is 0.309 e. The first-order valence-electron chi connectivity index (χ1n) is 7.70. The van der Waals surface area contributed by atoms with Gasteiger partial charge in [0.25, 0.3) is 11.8 Å². The van der Waals surface area contributed by atoms with Gasteiger partial charge in [0.05, 0.1) is 24.7 Å². The predicted octanol–water partition coefficient (Wildman–Crippen LogP) is 2.24. The van der Waals surface area contributed by atoms with E-state index in [4.69, 9.17) is 0 Å². The lowest BCUT2D eigenvalue weighted by Crippen LogP contribution is -2.31. The van der Waals surface area contributed by atoms with Crippen LogP contribution in [0.1, 0.15) is 31.8 Å². The van der Waals surface area contributed by atoms with Crippen molar-refractivity contribution in [3.05, 3.63) is 70.8 Å². The molecule has 2 aromatic rings. The summed E-state index contributed by atoms with van der Waals surface area (Å²) in [5.74, 6) is -0.760. The van der Waals surface area contributed by atoms with Crippen molar-refractivity contribution in [3.63, 3.8) is 0 Å². The largest absolute Gasteiger partial charge is 0.469 e. The highest BCUT2D eigenvalue weighted by Gasteiger charge is 2.34. The number of methoxy groups -OCH3 is 1. The van der Waals surface area contributed by atoms with Crippen molar-refractivity contribution in [3.8, 4) is 0 Å². The predicted molar refractivity (Wildman–Crippen MR) is 87.7 cm³/mol. The maximum absolute atomic E-state index is 12.3. The van der Waals surface area contributed by atoms with Gasteiger partial charge in [-0.05, 0) is 29.7 Å². The van der Waals surface area contributed by atoms with Crippen LogP contribution in [-0.4, -0.2) is 36.3 Å². The topological polar surface area (TPSA) is 63.7 Å². The number of rotatable bonds is 5. The average Bonchev–Trinajstić information content (AvgIpc) is 2.85. The number of esters is 1. The van der Waals surface area contributed by atoms with Crippen molar-refractivity contribution >= 4 is 17.8 Å². The molecule has 3 rings (SSSR count). The molecule has 1 aliphatic rings. The average molecular weight is 323 g/mol. The molecule has 0 saturated carbocycles. The van der Waals surface area contributed by atoms with Crippen LogP contribution in [0.25, 0.3) is 0 Å². The van der Waals surface area contributed by atoms with Crippen molar-refractivity contribution in [2.24, 2.45) is 0 Å². The van der Waals surface area contributed by atoms with E-state index in [0.717, 1.165) is 11.1 Å². The summed E-state index contributed by atoms with van der Waals surface area (Å²) < 4.78 is 4.63. The Hall–Kier alpha value is -2.95. The van der Waals surface area contributed by atoms with Gasteiger partial charge < -0.3 is 4.74 Å². The fourth-order valence-electron chi connectivity index (χ4n) is 2.75. The van der Waals surface area contributed by atoms with Crippen molar-refractivity contribution in [1.29, 1.82) is 0 Å². The van der Waals surface area contributed by atoms with Gasteiger partial charge in [-0.2, -0.15) is 0 Å². The molecule has 5 nitrogen and oxygen atoms in total. The van der Waals surface area contributed by atoms with Crippen molar-refractivity contribution < 1.29 is 19.1 Å². The summed E-state index contributed by atoms with van der Waals surface area (Å²) in [6.07, 6.45) is 0.805. The van der Waals surface area contributed by atoms with Gasteiger partial charge in [-0.15, -0.1) is 0 Å². The van der Waals surface area contributed by atoms with Crippen LogP contribution in [0.3, 0.4) is 0 Å². The van der Waals surface area contributed by atoms with E-state index in [9.17, 15) is 14.4 Å². The minimum absolute atomic E-state index is 0.231. The minimum Gasteiger partial charge on any atom is -0.469 e. The number of amides is 2. The molecule has 0 fully saturated rings. The molecule has 2 amide bonds. The maximum atomic E-state index is 12.3. The number of imide groups is 1. The van der Waals surface area contributed by atoms with E-state index in [1.54, 1.807) is 24.3 Å². The number of hydrogen-bond donors (Lipinski definition) is 0. The van der Waals surface area contributed by atoms with Gasteiger partial charge in [-0.3, -0.25) is 19.3 Å². The first-order chi connectivity index (χ1) is 11.6. The van der Waals surface area contributed by atoms with Crippen LogP contribution in [0.15, 0.2) is 48.5 Å². The summed E-state index contributed by atoms with van der Waals surface area (Å²) >= 11 is 0. The van der Waals surface area contributed by atoms with E-state index in [0.29, 0.717) is 24.1 Å². The molecular weight excluding hydrogens is 306 g/mol. The molecule has 0 spiro atoms. The van der Waals surface area contributed by atoms with Gasteiger partial charge >= 0.3 is 5.97 Å². The number of hydrogen-bond acceptors (Lipinski definition) is 4. The standard InChI is InChI=1S/C19H17NO4/c1-24-17(21)12-14-8-6-13(7-9-14)10-11-20-18(22)15-4-2-3-5-16(15)19(20)23/h2-9H,10-12H2,1H3. The fraction of sp³-hybridized carbons (Fsp3) is 0.211. The molecule has 0 unspecified atom stereocenters. The highest BCUT2D eigenvalue weighted by Crippen LogP contribution is 2.22. The van der Waals surface area contributed by atoms with Crippen molar-refractivity contribution in [2.45, 2.75) is 12.8 Å². The number of fused-ring (bicyclic) bond motifs is 1. The van der Waals surface area contributed by atoms with Gasteiger partial charge in [0.15, 0.2) is 0 Å². The SMILES string of the molecule is COC(=O)Cc1ccc(CCN2C(=O)c3ccccc3C2=O)cc1. The van der Waals surface area contributed by atoms with Gasteiger partial charge in [0.1, 0.15) is 0 Å². The Morgan fingerprint density at radius 2 is 1.46 bits per heavy atom. The number of ether oxygens (including phenoxy) is 1.